The molecule has 1 amide bonds. The van der Waals surface area contributed by atoms with Crippen LogP contribution in [-0.4, -0.2) is 11.7 Å². The van der Waals surface area contributed by atoms with Crippen molar-refractivity contribution < 1.29 is 9.53 Å². The molecule has 0 atom stereocenters. The molecule has 1 rings (SSSR count). The number of benzene rings is 1. The van der Waals surface area contributed by atoms with Crippen LogP contribution in [0.15, 0.2) is 36.9 Å². The average Bonchev–Trinajstić information content (AvgIpc) is 2.25. The Kier molecular flexibility index (Phi) is 4.56. The van der Waals surface area contributed by atoms with Crippen LogP contribution in [0.5, 0.6) is 0 Å². The van der Waals surface area contributed by atoms with E-state index in [4.69, 9.17) is 4.74 Å². The summed E-state index contributed by atoms with van der Waals surface area (Å²) in [5.41, 5.74) is 0.829. The van der Waals surface area contributed by atoms with E-state index in [0.717, 1.165) is 5.56 Å². The fourth-order valence-corrected chi connectivity index (χ4v) is 1.24. The smallest absolute Gasteiger partial charge is 0.412 e. The van der Waals surface area contributed by atoms with Crippen molar-refractivity contribution in [2.75, 3.05) is 5.32 Å². The quantitative estimate of drug-likeness (QED) is 0.766. The number of anilines is 1. The lowest BCUT2D eigenvalue weighted by atomic mass is 10.2. The first-order chi connectivity index (χ1) is 8.42. The van der Waals surface area contributed by atoms with Gasteiger partial charge in [-0.15, -0.1) is 0 Å². The highest BCUT2D eigenvalue weighted by Gasteiger charge is 2.16. The lowest BCUT2D eigenvalue weighted by Gasteiger charge is -2.20. The second kappa shape index (κ2) is 5.92. The first-order valence-corrected chi connectivity index (χ1v) is 5.64. The minimum Gasteiger partial charge on any atom is -0.444 e. The molecule has 0 heterocycles. The Morgan fingerprint density at radius 1 is 1.39 bits per heavy atom. The van der Waals surface area contributed by atoms with Crippen molar-refractivity contribution >= 4 is 11.8 Å². The molecule has 0 radical (unpaired) electrons. The standard InChI is InChI=1S/C15H17NO2/c1-5-6-9-12-10-7-8-11-13(12)16-14(17)18-15(2,3)4/h5,7-8,10-11H,1H2,2-4H3,(H,16,17). The average molecular weight is 243 g/mol. The van der Waals surface area contributed by atoms with E-state index in [-0.39, 0.29) is 0 Å². The van der Waals surface area contributed by atoms with Gasteiger partial charge in [0.15, 0.2) is 0 Å². The number of rotatable bonds is 1. The van der Waals surface area contributed by atoms with Gasteiger partial charge in [0.05, 0.1) is 5.69 Å². The van der Waals surface area contributed by atoms with Crippen LogP contribution in [0.3, 0.4) is 0 Å². The highest BCUT2D eigenvalue weighted by atomic mass is 16.6. The van der Waals surface area contributed by atoms with Crippen LogP contribution < -0.4 is 5.32 Å². The summed E-state index contributed by atoms with van der Waals surface area (Å²) in [6.07, 6.45) is 1.01. The molecule has 0 aliphatic rings. The lowest BCUT2D eigenvalue weighted by molar-refractivity contribution is 0.0636. The third-order valence-corrected chi connectivity index (χ3v) is 1.87. The summed E-state index contributed by atoms with van der Waals surface area (Å²) in [4.78, 5) is 11.7. The molecule has 0 aliphatic carbocycles. The van der Waals surface area contributed by atoms with Gasteiger partial charge in [0.25, 0.3) is 0 Å². The van der Waals surface area contributed by atoms with E-state index in [0.29, 0.717) is 5.69 Å². The van der Waals surface area contributed by atoms with Gasteiger partial charge < -0.3 is 4.74 Å². The summed E-state index contributed by atoms with van der Waals surface area (Å²) in [7, 11) is 0. The van der Waals surface area contributed by atoms with Crippen molar-refractivity contribution in [2.24, 2.45) is 0 Å². The summed E-state index contributed by atoms with van der Waals surface area (Å²) < 4.78 is 5.18. The second-order valence-corrected chi connectivity index (χ2v) is 4.65. The maximum Gasteiger partial charge on any atom is 0.412 e. The van der Waals surface area contributed by atoms with Gasteiger partial charge in [0.2, 0.25) is 0 Å². The Labute approximate surface area is 108 Å². The van der Waals surface area contributed by atoms with Crippen LogP contribution in [0.4, 0.5) is 10.5 Å². The van der Waals surface area contributed by atoms with E-state index in [1.165, 1.54) is 6.08 Å². The third kappa shape index (κ3) is 4.75. The Balaban J connectivity index is 2.84. The van der Waals surface area contributed by atoms with Gasteiger partial charge in [-0.2, -0.15) is 0 Å². The minimum atomic E-state index is -0.522. The molecule has 94 valence electrons. The van der Waals surface area contributed by atoms with Crippen LogP contribution in [-0.2, 0) is 4.74 Å². The van der Waals surface area contributed by atoms with E-state index in [9.17, 15) is 4.79 Å². The zero-order chi connectivity index (χ0) is 13.6. The molecule has 1 aromatic carbocycles. The Bertz CT molecular complexity index is 501. The molecule has 0 unspecified atom stereocenters. The largest absolute Gasteiger partial charge is 0.444 e. The van der Waals surface area contributed by atoms with Crippen molar-refractivity contribution in [3.63, 3.8) is 0 Å². The van der Waals surface area contributed by atoms with Gasteiger partial charge in [-0.1, -0.05) is 30.6 Å². The Morgan fingerprint density at radius 3 is 2.67 bits per heavy atom. The maximum atomic E-state index is 11.7. The third-order valence-electron chi connectivity index (χ3n) is 1.87. The molecule has 0 bridgehead atoms. The van der Waals surface area contributed by atoms with E-state index in [1.54, 1.807) is 6.07 Å². The van der Waals surface area contributed by atoms with Crippen LogP contribution in [0.25, 0.3) is 0 Å². The molecular weight excluding hydrogens is 226 g/mol. The molecule has 0 aromatic heterocycles. The number of hydrogen-bond acceptors (Lipinski definition) is 2. The van der Waals surface area contributed by atoms with E-state index in [2.05, 4.69) is 23.7 Å². The molecule has 1 aromatic rings. The molecule has 0 spiro atoms. The van der Waals surface area contributed by atoms with E-state index < -0.39 is 11.7 Å². The van der Waals surface area contributed by atoms with Crippen LogP contribution >= 0.6 is 0 Å². The Hall–Kier alpha value is -2.21. The van der Waals surface area contributed by atoms with Gasteiger partial charge in [0, 0.05) is 5.56 Å². The molecular formula is C15H17NO2. The lowest BCUT2D eigenvalue weighted by Crippen LogP contribution is -2.27. The number of para-hydroxylation sites is 1. The number of hydrogen-bond donors (Lipinski definition) is 1. The normalized spacial score (nSPS) is 9.94. The molecule has 0 fully saturated rings. The fraction of sp³-hybridized carbons (Fsp3) is 0.267. The first-order valence-electron chi connectivity index (χ1n) is 5.64. The van der Waals surface area contributed by atoms with Crippen molar-refractivity contribution in [3.8, 4) is 11.8 Å². The summed E-state index contributed by atoms with van der Waals surface area (Å²) in [5, 5.41) is 2.68. The number of carbonyl (C=O) groups is 1. The summed E-state index contributed by atoms with van der Waals surface area (Å²) in [6, 6.07) is 7.28. The molecule has 0 saturated carbocycles. The SMILES string of the molecule is C=CC#Cc1ccccc1NC(=O)OC(C)(C)C. The predicted molar refractivity (Wildman–Crippen MR) is 73.4 cm³/mol. The predicted octanol–water partition coefficient (Wildman–Crippen LogP) is 3.57. The summed E-state index contributed by atoms with van der Waals surface area (Å²) in [6.45, 7) is 8.98. The highest BCUT2D eigenvalue weighted by Crippen LogP contribution is 2.15. The van der Waals surface area contributed by atoms with Gasteiger partial charge in [-0.25, -0.2) is 4.79 Å². The number of nitrogens with one attached hydrogen (secondary N) is 1. The monoisotopic (exact) mass is 243 g/mol. The number of amides is 1. The van der Waals surface area contributed by atoms with E-state index >= 15 is 0 Å². The van der Waals surface area contributed by atoms with Crippen molar-refractivity contribution in [3.05, 3.63) is 42.5 Å². The van der Waals surface area contributed by atoms with Crippen molar-refractivity contribution in [1.82, 2.24) is 0 Å². The first kappa shape index (κ1) is 13.9. The zero-order valence-electron chi connectivity index (χ0n) is 10.9. The zero-order valence-corrected chi connectivity index (χ0v) is 10.9. The maximum absolute atomic E-state index is 11.7. The van der Waals surface area contributed by atoms with Gasteiger partial charge in [0.1, 0.15) is 5.60 Å². The molecule has 3 heteroatoms. The summed E-state index contributed by atoms with van der Waals surface area (Å²) >= 11 is 0. The van der Waals surface area contributed by atoms with Crippen molar-refractivity contribution in [2.45, 2.75) is 26.4 Å². The number of ether oxygens (including phenoxy) is 1. The van der Waals surface area contributed by atoms with Crippen molar-refractivity contribution in [1.29, 1.82) is 0 Å². The summed E-state index contributed by atoms with van der Waals surface area (Å²) in [5.74, 6) is 5.64. The fourth-order valence-electron chi connectivity index (χ4n) is 1.24. The molecule has 18 heavy (non-hydrogen) atoms. The van der Waals surface area contributed by atoms with E-state index in [1.807, 2.05) is 39.0 Å². The number of allylic oxidation sites excluding steroid dienone is 1. The topological polar surface area (TPSA) is 38.3 Å². The van der Waals surface area contributed by atoms with Gasteiger partial charge in [-0.3, -0.25) is 5.32 Å². The second-order valence-electron chi connectivity index (χ2n) is 4.65. The molecule has 1 N–H and O–H groups in total. The molecule has 0 saturated heterocycles. The number of carbonyl (C=O) groups excluding carboxylic acids is 1. The van der Waals surface area contributed by atoms with Gasteiger partial charge >= 0.3 is 6.09 Å². The van der Waals surface area contributed by atoms with Crippen LogP contribution in [0.2, 0.25) is 0 Å². The van der Waals surface area contributed by atoms with Crippen LogP contribution in [0, 0.1) is 11.8 Å². The highest BCUT2D eigenvalue weighted by molar-refractivity contribution is 5.86. The van der Waals surface area contributed by atoms with Crippen LogP contribution in [0.1, 0.15) is 26.3 Å². The van der Waals surface area contributed by atoms with Gasteiger partial charge in [-0.05, 0) is 39.0 Å². The minimum absolute atomic E-state index is 0.490. The Morgan fingerprint density at radius 2 is 2.06 bits per heavy atom. The molecule has 3 nitrogen and oxygen atoms in total. The molecule has 0 aliphatic heterocycles.